The molecule has 0 aromatic carbocycles. The topological polar surface area (TPSA) is 64.3 Å². The zero-order valence-corrected chi connectivity index (χ0v) is 14.0. The summed E-state index contributed by atoms with van der Waals surface area (Å²) in [5.74, 6) is 2.57. The molecule has 6 nitrogen and oxygen atoms in total. The molecule has 1 saturated carbocycles. The van der Waals surface area contributed by atoms with Crippen molar-refractivity contribution in [3.63, 3.8) is 0 Å². The predicted octanol–water partition coefficient (Wildman–Crippen LogP) is 2.67. The van der Waals surface area contributed by atoms with Crippen molar-refractivity contribution in [1.82, 2.24) is 20.1 Å². The highest BCUT2D eigenvalue weighted by Crippen LogP contribution is 2.43. The maximum atomic E-state index is 6.20. The summed E-state index contributed by atoms with van der Waals surface area (Å²) in [5, 5.41) is 11.7. The van der Waals surface area contributed by atoms with Gasteiger partial charge in [-0.3, -0.25) is 4.90 Å². The first-order valence-corrected chi connectivity index (χ1v) is 9.24. The van der Waals surface area contributed by atoms with E-state index in [4.69, 9.17) is 9.15 Å². The van der Waals surface area contributed by atoms with E-state index < -0.39 is 0 Å². The molecular weight excluding hydrogens is 312 g/mol. The lowest BCUT2D eigenvalue weighted by atomic mass is 10.0. The molecule has 0 bridgehead atoms. The summed E-state index contributed by atoms with van der Waals surface area (Å²) in [5.41, 5.74) is 1.11. The zero-order valence-electron chi connectivity index (χ0n) is 13.1. The van der Waals surface area contributed by atoms with E-state index in [1.807, 2.05) is 6.92 Å². The van der Waals surface area contributed by atoms with E-state index in [0.717, 1.165) is 37.6 Å². The van der Waals surface area contributed by atoms with Crippen LogP contribution in [0.4, 0.5) is 0 Å². The fourth-order valence-electron chi connectivity index (χ4n) is 3.68. The van der Waals surface area contributed by atoms with Crippen LogP contribution in [0.2, 0.25) is 0 Å². The average molecular weight is 332 g/mol. The molecule has 0 radical (unpaired) electrons. The van der Waals surface area contributed by atoms with Gasteiger partial charge in [-0.2, -0.15) is 0 Å². The number of thiazole rings is 1. The summed E-state index contributed by atoms with van der Waals surface area (Å²) in [6, 6.07) is 0. The SMILES string of the molecule is Cc1csc(CN2C[C@@H]3C[C@@H](c4nnc(C5CC5)o4)O[C@@H]3C2)n1. The van der Waals surface area contributed by atoms with E-state index in [2.05, 4.69) is 25.5 Å². The summed E-state index contributed by atoms with van der Waals surface area (Å²) in [6.07, 6.45) is 3.64. The van der Waals surface area contributed by atoms with Crippen LogP contribution in [-0.2, 0) is 11.3 Å². The Bertz CT molecular complexity index is 697. The normalized spacial score (nSPS) is 30.9. The Balaban J connectivity index is 1.20. The lowest BCUT2D eigenvalue weighted by Crippen LogP contribution is -2.23. The van der Waals surface area contributed by atoms with Gasteiger partial charge in [-0.15, -0.1) is 21.5 Å². The Morgan fingerprint density at radius 3 is 2.87 bits per heavy atom. The molecule has 7 heteroatoms. The monoisotopic (exact) mass is 332 g/mol. The molecule has 3 fully saturated rings. The molecule has 3 atom stereocenters. The van der Waals surface area contributed by atoms with E-state index in [1.165, 1.54) is 17.8 Å². The summed E-state index contributed by atoms with van der Waals surface area (Å²) in [4.78, 5) is 7.01. The van der Waals surface area contributed by atoms with Crippen LogP contribution >= 0.6 is 11.3 Å². The molecular formula is C16H20N4O2S. The van der Waals surface area contributed by atoms with Gasteiger partial charge in [-0.1, -0.05) is 0 Å². The Hall–Kier alpha value is -1.31. The molecule has 0 unspecified atom stereocenters. The molecule has 122 valence electrons. The number of aryl methyl sites for hydroxylation is 1. The van der Waals surface area contributed by atoms with E-state index in [1.54, 1.807) is 11.3 Å². The third-order valence-electron chi connectivity index (χ3n) is 5.00. The lowest BCUT2D eigenvalue weighted by Gasteiger charge is -2.16. The average Bonchev–Trinajstić information content (AvgIpc) is 2.90. The van der Waals surface area contributed by atoms with E-state index in [-0.39, 0.29) is 12.2 Å². The number of nitrogens with zero attached hydrogens (tertiary/aromatic N) is 4. The van der Waals surface area contributed by atoms with Gasteiger partial charge in [0.15, 0.2) is 0 Å². The minimum Gasteiger partial charge on any atom is -0.422 e. The fourth-order valence-corrected chi connectivity index (χ4v) is 4.49. The van der Waals surface area contributed by atoms with Gasteiger partial charge in [0.05, 0.1) is 12.6 Å². The van der Waals surface area contributed by atoms with E-state index in [0.29, 0.717) is 17.7 Å². The molecule has 2 aromatic rings. The number of likely N-dealkylation sites (tertiary alicyclic amines) is 1. The van der Waals surface area contributed by atoms with Gasteiger partial charge < -0.3 is 9.15 Å². The van der Waals surface area contributed by atoms with Crippen LogP contribution in [0, 0.1) is 12.8 Å². The van der Waals surface area contributed by atoms with Crippen molar-refractivity contribution in [3.8, 4) is 0 Å². The molecule has 2 aliphatic heterocycles. The maximum absolute atomic E-state index is 6.20. The van der Waals surface area contributed by atoms with Crippen LogP contribution in [-0.4, -0.2) is 39.3 Å². The van der Waals surface area contributed by atoms with Gasteiger partial charge in [-0.05, 0) is 26.2 Å². The highest BCUT2D eigenvalue weighted by molar-refractivity contribution is 7.09. The Kier molecular flexibility index (Phi) is 3.28. The summed E-state index contributed by atoms with van der Waals surface area (Å²) in [7, 11) is 0. The molecule has 2 saturated heterocycles. The summed E-state index contributed by atoms with van der Waals surface area (Å²) < 4.78 is 12.0. The van der Waals surface area contributed by atoms with Gasteiger partial charge in [0, 0.05) is 36.0 Å². The van der Waals surface area contributed by atoms with Crippen molar-refractivity contribution >= 4 is 11.3 Å². The highest BCUT2D eigenvalue weighted by Gasteiger charge is 2.44. The first-order chi connectivity index (χ1) is 11.2. The molecule has 5 rings (SSSR count). The maximum Gasteiger partial charge on any atom is 0.245 e. The van der Waals surface area contributed by atoms with E-state index >= 15 is 0 Å². The molecule has 0 amide bonds. The minimum absolute atomic E-state index is 0.00532. The lowest BCUT2D eigenvalue weighted by molar-refractivity contribution is 0.0222. The number of aromatic nitrogens is 3. The van der Waals surface area contributed by atoms with Crippen molar-refractivity contribution in [2.24, 2.45) is 5.92 Å². The number of hydrogen-bond acceptors (Lipinski definition) is 7. The second kappa shape index (κ2) is 5.36. The van der Waals surface area contributed by atoms with Crippen LogP contribution in [0.15, 0.2) is 9.80 Å². The van der Waals surface area contributed by atoms with Gasteiger partial charge >= 0.3 is 0 Å². The number of ether oxygens (including phenoxy) is 1. The van der Waals surface area contributed by atoms with Crippen molar-refractivity contribution in [2.75, 3.05) is 13.1 Å². The molecule has 0 N–H and O–H groups in total. The highest BCUT2D eigenvalue weighted by atomic mass is 32.1. The third kappa shape index (κ3) is 2.70. The van der Waals surface area contributed by atoms with Crippen molar-refractivity contribution in [3.05, 3.63) is 27.9 Å². The van der Waals surface area contributed by atoms with Crippen molar-refractivity contribution in [1.29, 1.82) is 0 Å². The predicted molar refractivity (Wildman–Crippen MR) is 84.1 cm³/mol. The zero-order chi connectivity index (χ0) is 15.4. The van der Waals surface area contributed by atoms with Crippen LogP contribution in [0.1, 0.15) is 53.8 Å². The first kappa shape index (κ1) is 14.1. The molecule has 4 heterocycles. The number of rotatable bonds is 4. The fraction of sp³-hybridized carbons (Fsp3) is 0.688. The Labute approximate surface area is 138 Å². The van der Waals surface area contributed by atoms with Crippen LogP contribution < -0.4 is 0 Å². The second-order valence-corrected chi connectivity index (χ2v) is 7.93. The number of fused-ring (bicyclic) bond motifs is 1. The summed E-state index contributed by atoms with van der Waals surface area (Å²) in [6.45, 7) is 5.03. The standard InChI is InChI=1S/C16H20N4O2S/c1-9-8-23-14(17-9)7-20-5-11-4-12(21-13(11)6-20)16-19-18-15(22-16)10-2-3-10/h8,10-13H,2-7H2,1H3/t11-,12-,13+/m0/s1. The molecule has 2 aromatic heterocycles. The largest absolute Gasteiger partial charge is 0.422 e. The number of hydrogen-bond donors (Lipinski definition) is 0. The van der Waals surface area contributed by atoms with Gasteiger partial charge in [-0.25, -0.2) is 4.98 Å². The molecule has 0 spiro atoms. The van der Waals surface area contributed by atoms with Crippen LogP contribution in [0.25, 0.3) is 0 Å². The Morgan fingerprint density at radius 1 is 1.26 bits per heavy atom. The van der Waals surface area contributed by atoms with Crippen LogP contribution in [0.5, 0.6) is 0 Å². The van der Waals surface area contributed by atoms with E-state index in [9.17, 15) is 0 Å². The Morgan fingerprint density at radius 2 is 2.13 bits per heavy atom. The molecule has 3 aliphatic rings. The van der Waals surface area contributed by atoms with Gasteiger partial charge in [0.25, 0.3) is 0 Å². The summed E-state index contributed by atoms with van der Waals surface area (Å²) >= 11 is 1.75. The van der Waals surface area contributed by atoms with Gasteiger partial charge in [0.1, 0.15) is 11.1 Å². The smallest absolute Gasteiger partial charge is 0.245 e. The van der Waals surface area contributed by atoms with Crippen molar-refractivity contribution in [2.45, 2.75) is 50.9 Å². The van der Waals surface area contributed by atoms with Crippen LogP contribution in [0.3, 0.4) is 0 Å². The molecule has 1 aliphatic carbocycles. The third-order valence-corrected chi connectivity index (χ3v) is 5.95. The van der Waals surface area contributed by atoms with Crippen molar-refractivity contribution < 1.29 is 9.15 Å². The second-order valence-electron chi connectivity index (χ2n) is 6.99. The minimum atomic E-state index is -0.00532. The first-order valence-electron chi connectivity index (χ1n) is 8.36. The molecule has 23 heavy (non-hydrogen) atoms. The van der Waals surface area contributed by atoms with Gasteiger partial charge in [0.2, 0.25) is 11.8 Å². The quantitative estimate of drug-likeness (QED) is 0.858.